The lowest BCUT2D eigenvalue weighted by Crippen LogP contribution is -2.10. The summed E-state index contributed by atoms with van der Waals surface area (Å²) in [5.41, 5.74) is 6.84. The third kappa shape index (κ3) is 2.20. The molecule has 0 radical (unpaired) electrons. The van der Waals surface area contributed by atoms with Gasteiger partial charge in [0.25, 0.3) is 5.56 Å². The molecule has 0 aliphatic rings. The smallest absolute Gasteiger partial charge is 0.278 e. The van der Waals surface area contributed by atoms with Gasteiger partial charge in [-0.3, -0.25) is 9.78 Å². The van der Waals surface area contributed by atoms with Gasteiger partial charge >= 0.3 is 0 Å². The molecule has 0 atom stereocenters. The summed E-state index contributed by atoms with van der Waals surface area (Å²) in [6.07, 6.45) is 0.549. The van der Waals surface area contributed by atoms with Gasteiger partial charge in [0, 0.05) is 6.42 Å². The molecule has 7 heteroatoms. The summed E-state index contributed by atoms with van der Waals surface area (Å²) < 4.78 is 5.17. The van der Waals surface area contributed by atoms with E-state index < -0.39 is 0 Å². The van der Waals surface area contributed by atoms with Gasteiger partial charge in [-0.15, -0.1) is 0 Å². The minimum Gasteiger partial charge on any atom is -0.497 e. The largest absolute Gasteiger partial charge is 0.497 e. The van der Waals surface area contributed by atoms with Crippen LogP contribution in [0.4, 0.5) is 5.95 Å². The lowest BCUT2D eigenvalue weighted by atomic mass is 10.1. The second kappa shape index (κ2) is 4.69. The van der Waals surface area contributed by atoms with E-state index in [0.717, 1.165) is 11.3 Å². The molecule has 0 aliphatic carbocycles. The van der Waals surface area contributed by atoms with E-state index in [1.165, 1.54) is 0 Å². The molecule has 102 valence electrons. The highest BCUT2D eigenvalue weighted by molar-refractivity contribution is 5.70. The molecule has 1 aromatic carbocycles. The molecule has 0 amide bonds. The number of nitrogens with one attached hydrogen (secondary N) is 2. The Morgan fingerprint density at radius 1 is 1.30 bits per heavy atom. The maximum absolute atomic E-state index is 11.7. The van der Waals surface area contributed by atoms with Gasteiger partial charge in [0.05, 0.1) is 7.11 Å². The minimum atomic E-state index is -0.322. The van der Waals surface area contributed by atoms with Gasteiger partial charge in [-0.25, -0.2) is 4.98 Å². The molecule has 3 aromatic rings. The number of imidazole rings is 1. The number of benzene rings is 1. The predicted octanol–water partition coefficient (Wildman–Crippen LogP) is 0.828. The fourth-order valence-corrected chi connectivity index (χ4v) is 2.03. The van der Waals surface area contributed by atoms with Gasteiger partial charge in [-0.05, 0) is 17.7 Å². The number of aromatic amines is 2. The average Bonchev–Trinajstić information content (AvgIpc) is 2.81. The molecule has 2 heterocycles. The van der Waals surface area contributed by atoms with Gasteiger partial charge in [-0.2, -0.15) is 4.98 Å². The SMILES string of the molecule is COc1cccc(Cc2nc3nc(N)[nH]c(=O)c3[nH]2)c1. The fraction of sp³-hybridized carbons (Fsp3) is 0.154. The van der Waals surface area contributed by atoms with Gasteiger partial charge in [-0.1, -0.05) is 12.1 Å². The molecule has 0 spiro atoms. The van der Waals surface area contributed by atoms with Crippen molar-refractivity contribution in [3.8, 4) is 5.75 Å². The van der Waals surface area contributed by atoms with Crippen molar-refractivity contribution in [2.24, 2.45) is 0 Å². The van der Waals surface area contributed by atoms with Crippen LogP contribution in [0.25, 0.3) is 11.2 Å². The second-order valence-corrected chi connectivity index (χ2v) is 4.36. The monoisotopic (exact) mass is 271 g/mol. The number of ether oxygens (including phenoxy) is 1. The molecular weight excluding hydrogens is 258 g/mol. The van der Waals surface area contributed by atoms with Gasteiger partial charge in [0.2, 0.25) is 5.95 Å². The maximum Gasteiger partial charge on any atom is 0.278 e. The lowest BCUT2D eigenvalue weighted by Gasteiger charge is -2.02. The maximum atomic E-state index is 11.7. The molecule has 20 heavy (non-hydrogen) atoms. The third-order valence-corrected chi connectivity index (χ3v) is 2.93. The van der Waals surface area contributed by atoms with Crippen LogP contribution in [0, 0.1) is 0 Å². The summed E-state index contributed by atoms with van der Waals surface area (Å²) in [5.74, 6) is 1.48. The molecule has 0 aliphatic heterocycles. The van der Waals surface area contributed by atoms with Crippen LogP contribution in [-0.4, -0.2) is 27.0 Å². The van der Waals surface area contributed by atoms with Crippen LogP contribution in [0.5, 0.6) is 5.75 Å². The number of H-pyrrole nitrogens is 2. The first-order chi connectivity index (χ1) is 9.65. The summed E-state index contributed by atoms with van der Waals surface area (Å²) in [6.45, 7) is 0. The zero-order chi connectivity index (χ0) is 14.1. The first-order valence-electron chi connectivity index (χ1n) is 6.03. The number of hydrogen-bond acceptors (Lipinski definition) is 5. The van der Waals surface area contributed by atoms with Crippen molar-refractivity contribution in [2.45, 2.75) is 6.42 Å². The third-order valence-electron chi connectivity index (χ3n) is 2.93. The van der Waals surface area contributed by atoms with Crippen molar-refractivity contribution in [1.29, 1.82) is 0 Å². The van der Waals surface area contributed by atoms with Crippen molar-refractivity contribution >= 4 is 17.1 Å². The number of hydrogen-bond donors (Lipinski definition) is 3. The van der Waals surface area contributed by atoms with Crippen LogP contribution in [0.3, 0.4) is 0 Å². The molecule has 2 aromatic heterocycles. The number of anilines is 1. The van der Waals surface area contributed by atoms with E-state index >= 15 is 0 Å². The average molecular weight is 271 g/mol. The Kier molecular flexibility index (Phi) is 2.86. The van der Waals surface area contributed by atoms with Crippen molar-refractivity contribution < 1.29 is 4.74 Å². The summed E-state index contributed by atoms with van der Waals surface area (Å²) in [4.78, 5) is 25.4. The Morgan fingerprint density at radius 2 is 2.15 bits per heavy atom. The summed E-state index contributed by atoms with van der Waals surface area (Å²) >= 11 is 0. The van der Waals surface area contributed by atoms with E-state index in [9.17, 15) is 4.79 Å². The molecule has 0 fully saturated rings. The molecule has 7 nitrogen and oxygen atoms in total. The van der Waals surface area contributed by atoms with Crippen LogP contribution in [0.2, 0.25) is 0 Å². The van der Waals surface area contributed by atoms with E-state index in [0.29, 0.717) is 23.4 Å². The highest BCUT2D eigenvalue weighted by atomic mass is 16.5. The molecule has 3 rings (SSSR count). The summed E-state index contributed by atoms with van der Waals surface area (Å²) in [7, 11) is 1.62. The zero-order valence-corrected chi connectivity index (χ0v) is 10.8. The van der Waals surface area contributed by atoms with Crippen LogP contribution < -0.4 is 16.0 Å². The minimum absolute atomic E-state index is 0.0573. The van der Waals surface area contributed by atoms with Crippen LogP contribution >= 0.6 is 0 Å². The summed E-state index contributed by atoms with van der Waals surface area (Å²) in [5, 5.41) is 0. The number of methoxy groups -OCH3 is 1. The van der Waals surface area contributed by atoms with Crippen molar-refractivity contribution in [3.05, 3.63) is 46.0 Å². The number of nitrogen functional groups attached to an aromatic ring is 1. The van der Waals surface area contributed by atoms with E-state index in [1.807, 2.05) is 24.3 Å². The Balaban J connectivity index is 1.98. The lowest BCUT2D eigenvalue weighted by molar-refractivity contribution is 0.414. The standard InChI is InChI=1S/C13H13N5O2/c1-20-8-4-2-3-7(5-8)6-9-15-10-11(16-9)17-13(14)18-12(10)19/h2-5H,6H2,1H3,(H4,14,15,16,17,18,19). The molecule has 0 unspecified atom stereocenters. The van der Waals surface area contributed by atoms with E-state index in [4.69, 9.17) is 10.5 Å². The normalized spacial score (nSPS) is 10.8. The first-order valence-corrected chi connectivity index (χ1v) is 6.03. The van der Waals surface area contributed by atoms with E-state index in [-0.39, 0.29) is 11.5 Å². The Labute approximate surface area is 113 Å². The number of fused-ring (bicyclic) bond motifs is 1. The van der Waals surface area contributed by atoms with Crippen molar-refractivity contribution in [1.82, 2.24) is 19.9 Å². The Bertz CT molecular complexity index is 821. The number of nitrogens with two attached hydrogens (primary N) is 1. The molecule has 0 saturated carbocycles. The van der Waals surface area contributed by atoms with Crippen LogP contribution in [0.15, 0.2) is 29.1 Å². The highest BCUT2D eigenvalue weighted by Gasteiger charge is 2.09. The Morgan fingerprint density at radius 3 is 2.95 bits per heavy atom. The molecule has 0 bridgehead atoms. The Hall–Kier alpha value is -2.83. The van der Waals surface area contributed by atoms with Gasteiger partial charge in [0.15, 0.2) is 11.2 Å². The predicted molar refractivity (Wildman–Crippen MR) is 74.7 cm³/mol. The fourth-order valence-electron chi connectivity index (χ4n) is 2.03. The molecule has 0 saturated heterocycles. The zero-order valence-electron chi connectivity index (χ0n) is 10.8. The van der Waals surface area contributed by atoms with Crippen LogP contribution in [-0.2, 0) is 6.42 Å². The molecular formula is C13H13N5O2. The number of rotatable bonds is 3. The van der Waals surface area contributed by atoms with E-state index in [2.05, 4.69) is 19.9 Å². The van der Waals surface area contributed by atoms with Crippen LogP contribution in [0.1, 0.15) is 11.4 Å². The quantitative estimate of drug-likeness (QED) is 0.653. The highest BCUT2D eigenvalue weighted by Crippen LogP contribution is 2.15. The van der Waals surface area contributed by atoms with Gasteiger partial charge < -0.3 is 15.5 Å². The second-order valence-electron chi connectivity index (χ2n) is 4.36. The van der Waals surface area contributed by atoms with Crippen molar-refractivity contribution in [3.63, 3.8) is 0 Å². The summed E-state index contributed by atoms with van der Waals surface area (Å²) in [6, 6.07) is 7.65. The topological polar surface area (TPSA) is 110 Å². The number of aromatic nitrogens is 4. The first kappa shape index (κ1) is 12.2. The van der Waals surface area contributed by atoms with E-state index in [1.54, 1.807) is 7.11 Å². The van der Waals surface area contributed by atoms with Crippen molar-refractivity contribution in [2.75, 3.05) is 12.8 Å². The molecule has 4 N–H and O–H groups in total. The number of nitrogens with zero attached hydrogens (tertiary/aromatic N) is 2. The van der Waals surface area contributed by atoms with Gasteiger partial charge in [0.1, 0.15) is 11.6 Å².